The van der Waals surface area contributed by atoms with E-state index in [4.69, 9.17) is 0 Å². The van der Waals surface area contributed by atoms with E-state index in [1.54, 1.807) is 12.1 Å². The monoisotopic (exact) mass is 382 g/mol. The molecule has 2 aliphatic heterocycles. The molecule has 2 aliphatic rings. The fourth-order valence-corrected chi connectivity index (χ4v) is 4.19. The minimum Gasteiger partial charge on any atom is -0.368 e. The number of carbonyl (C=O) groups is 1. The van der Waals surface area contributed by atoms with Crippen molar-refractivity contribution < 1.29 is 9.18 Å². The Hall–Kier alpha value is -2.44. The number of piperazine rings is 1. The summed E-state index contributed by atoms with van der Waals surface area (Å²) in [6, 6.07) is 12.6. The van der Waals surface area contributed by atoms with E-state index in [1.165, 1.54) is 28.9 Å². The molecule has 0 spiro atoms. The van der Waals surface area contributed by atoms with Crippen molar-refractivity contribution in [2.24, 2.45) is 5.92 Å². The molecule has 4 rings (SSSR count). The van der Waals surface area contributed by atoms with Gasteiger partial charge < -0.3 is 9.80 Å². The zero-order valence-corrected chi connectivity index (χ0v) is 16.4. The van der Waals surface area contributed by atoms with E-state index in [0.717, 1.165) is 31.7 Å². The van der Waals surface area contributed by atoms with Crippen LogP contribution in [0, 0.1) is 25.6 Å². The number of rotatable bonds is 3. The Morgan fingerprint density at radius 2 is 1.75 bits per heavy atom. The number of carbonyl (C=O) groups excluding carboxylic acids is 1. The molecule has 2 N–H and O–H groups in total. The zero-order valence-electron chi connectivity index (χ0n) is 16.4. The van der Waals surface area contributed by atoms with Crippen LogP contribution in [0.2, 0.25) is 0 Å². The average molecular weight is 382 g/mol. The van der Waals surface area contributed by atoms with E-state index in [-0.39, 0.29) is 23.7 Å². The van der Waals surface area contributed by atoms with Crippen molar-refractivity contribution in [3.63, 3.8) is 0 Å². The maximum Gasteiger partial charge on any atom is 0.229 e. The van der Waals surface area contributed by atoms with Crippen LogP contribution in [0.5, 0.6) is 0 Å². The van der Waals surface area contributed by atoms with Gasteiger partial charge in [-0.2, -0.15) is 0 Å². The van der Waals surface area contributed by atoms with Gasteiger partial charge in [-0.3, -0.25) is 10.2 Å². The Labute approximate surface area is 165 Å². The Morgan fingerprint density at radius 1 is 1.04 bits per heavy atom. The van der Waals surface area contributed by atoms with Crippen molar-refractivity contribution in [2.45, 2.75) is 19.9 Å². The van der Waals surface area contributed by atoms with Crippen LogP contribution in [0.1, 0.15) is 22.7 Å². The molecule has 0 bridgehead atoms. The summed E-state index contributed by atoms with van der Waals surface area (Å²) in [6.07, 6.45) is 0. The molecule has 2 fully saturated rings. The van der Waals surface area contributed by atoms with Gasteiger partial charge in [0, 0.05) is 38.4 Å². The van der Waals surface area contributed by atoms with Crippen molar-refractivity contribution in [2.75, 3.05) is 37.6 Å². The molecule has 2 heterocycles. The lowest BCUT2D eigenvalue weighted by molar-refractivity contribution is -0.135. The molecule has 2 aromatic carbocycles. The molecule has 6 heteroatoms. The average Bonchev–Trinajstić information content (AvgIpc) is 3.20. The second-order valence-electron chi connectivity index (χ2n) is 7.69. The predicted octanol–water partition coefficient (Wildman–Crippen LogP) is 2.56. The lowest BCUT2D eigenvalue weighted by Crippen LogP contribution is -2.51. The van der Waals surface area contributed by atoms with Crippen LogP contribution in [-0.2, 0) is 4.79 Å². The lowest BCUT2D eigenvalue weighted by atomic mass is 9.93. The zero-order chi connectivity index (χ0) is 19.7. The highest BCUT2D eigenvalue weighted by Crippen LogP contribution is 2.28. The molecule has 2 aromatic rings. The molecule has 2 saturated heterocycles. The van der Waals surface area contributed by atoms with E-state index < -0.39 is 0 Å². The molecule has 0 saturated carbocycles. The van der Waals surface area contributed by atoms with Gasteiger partial charge in [-0.25, -0.2) is 9.82 Å². The summed E-state index contributed by atoms with van der Waals surface area (Å²) in [5.41, 5.74) is 11.1. The molecule has 0 aliphatic carbocycles. The summed E-state index contributed by atoms with van der Waals surface area (Å²) in [6.45, 7) is 7.99. The Bertz CT molecular complexity index is 846. The molecule has 2 unspecified atom stereocenters. The van der Waals surface area contributed by atoms with Crippen LogP contribution in [0.15, 0.2) is 42.5 Å². The Balaban J connectivity index is 1.42. The van der Waals surface area contributed by atoms with Gasteiger partial charge >= 0.3 is 0 Å². The first-order valence-corrected chi connectivity index (χ1v) is 9.88. The number of nitrogens with zero attached hydrogens (tertiary/aromatic N) is 2. The van der Waals surface area contributed by atoms with Crippen molar-refractivity contribution >= 4 is 11.6 Å². The first-order chi connectivity index (χ1) is 13.5. The number of hydrazine groups is 1. The van der Waals surface area contributed by atoms with Gasteiger partial charge in [-0.05, 0) is 48.7 Å². The molecular formula is C22H27FN4O. The quantitative estimate of drug-likeness (QED) is 0.857. The van der Waals surface area contributed by atoms with Crippen molar-refractivity contribution in [1.29, 1.82) is 0 Å². The molecule has 28 heavy (non-hydrogen) atoms. The number of halogens is 1. The molecule has 1 amide bonds. The first-order valence-electron chi connectivity index (χ1n) is 9.88. The highest BCUT2D eigenvalue weighted by atomic mass is 19.1. The number of nitrogens with one attached hydrogen (secondary N) is 2. The fourth-order valence-electron chi connectivity index (χ4n) is 4.19. The number of hydrogen-bond donors (Lipinski definition) is 2. The largest absolute Gasteiger partial charge is 0.368 e. The van der Waals surface area contributed by atoms with Gasteiger partial charge in [0.2, 0.25) is 5.91 Å². The number of amides is 1. The van der Waals surface area contributed by atoms with E-state index in [9.17, 15) is 9.18 Å². The third-order valence-electron chi connectivity index (χ3n) is 6.04. The van der Waals surface area contributed by atoms with E-state index in [2.05, 4.69) is 47.8 Å². The SMILES string of the molecule is Cc1cccc(N2CCN(C(=O)C3CNNC3c3ccc(F)cc3)CC2)c1C. The molecule has 0 radical (unpaired) electrons. The maximum absolute atomic E-state index is 13.2. The predicted molar refractivity (Wildman–Crippen MR) is 108 cm³/mol. The van der Waals surface area contributed by atoms with Gasteiger partial charge in [0.25, 0.3) is 0 Å². The number of aryl methyl sites for hydroxylation is 1. The second-order valence-corrected chi connectivity index (χ2v) is 7.69. The third-order valence-corrected chi connectivity index (χ3v) is 6.04. The summed E-state index contributed by atoms with van der Waals surface area (Å²) >= 11 is 0. The fraction of sp³-hybridized carbons (Fsp3) is 0.409. The highest BCUT2D eigenvalue weighted by Gasteiger charge is 2.37. The minimum absolute atomic E-state index is 0.134. The summed E-state index contributed by atoms with van der Waals surface area (Å²) in [5, 5.41) is 0. The smallest absolute Gasteiger partial charge is 0.229 e. The van der Waals surface area contributed by atoms with Crippen LogP contribution in [0.4, 0.5) is 10.1 Å². The first kappa shape index (κ1) is 18.9. The van der Waals surface area contributed by atoms with Crippen molar-refractivity contribution in [1.82, 2.24) is 15.8 Å². The Kier molecular flexibility index (Phi) is 5.33. The van der Waals surface area contributed by atoms with Crippen LogP contribution < -0.4 is 15.8 Å². The summed E-state index contributed by atoms with van der Waals surface area (Å²) in [4.78, 5) is 17.5. The third kappa shape index (κ3) is 3.62. The van der Waals surface area contributed by atoms with Gasteiger partial charge in [-0.1, -0.05) is 24.3 Å². The molecule has 2 atom stereocenters. The number of anilines is 1. The lowest BCUT2D eigenvalue weighted by Gasteiger charge is -2.38. The van der Waals surface area contributed by atoms with Crippen LogP contribution in [0.25, 0.3) is 0 Å². The number of benzene rings is 2. The number of hydrogen-bond acceptors (Lipinski definition) is 4. The van der Waals surface area contributed by atoms with Crippen molar-refractivity contribution in [3.8, 4) is 0 Å². The topological polar surface area (TPSA) is 47.6 Å². The van der Waals surface area contributed by atoms with E-state index in [0.29, 0.717) is 6.54 Å². The summed E-state index contributed by atoms with van der Waals surface area (Å²) in [5.74, 6) is -0.287. The summed E-state index contributed by atoms with van der Waals surface area (Å²) in [7, 11) is 0. The van der Waals surface area contributed by atoms with Crippen molar-refractivity contribution in [3.05, 3.63) is 65.0 Å². The molecule has 5 nitrogen and oxygen atoms in total. The minimum atomic E-state index is -0.264. The van der Waals surface area contributed by atoms with Crippen LogP contribution in [0.3, 0.4) is 0 Å². The van der Waals surface area contributed by atoms with Crippen LogP contribution in [-0.4, -0.2) is 43.5 Å². The second kappa shape index (κ2) is 7.89. The standard InChI is InChI=1S/C22H27FN4O/c1-15-4-3-5-20(16(15)2)26-10-12-27(13-11-26)22(28)19-14-24-25-21(19)17-6-8-18(23)9-7-17/h3-9,19,21,24-25H,10-14H2,1-2H3. The Morgan fingerprint density at radius 3 is 2.46 bits per heavy atom. The van der Waals surface area contributed by atoms with E-state index >= 15 is 0 Å². The molecule has 0 aromatic heterocycles. The summed E-state index contributed by atoms with van der Waals surface area (Å²) < 4.78 is 13.2. The van der Waals surface area contributed by atoms with Gasteiger partial charge in [0.15, 0.2) is 0 Å². The van der Waals surface area contributed by atoms with Gasteiger partial charge in [0.1, 0.15) is 5.82 Å². The van der Waals surface area contributed by atoms with Gasteiger partial charge in [-0.15, -0.1) is 0 Å². The molecular weight excluding hydrogens is 355 g/mol. The highest BCUT2D eigenvalue weighted by molar-refractivity contribution is 5.81. The molecule has 148 valence electrons. The van der Waals surface area contributed by atoms with Crippen LogP contribution >= 0.6 is 0 Å². The van der Waals surface area contributed by atoms with E-state index in [1.807, 2.05) is 4.90 Å². The van der Waals surface area contributed by atoms with Gasteiger partial charge in [0.05, 0.1) is 12.0 Å². The maximum atomic E-state index is 13.2. The normalized spacial score (nSPS) is 22.5.